The van der Waals surface area contributed by atoms with E-state index in [9.17, 15) is 13.6 Å². The Hall–Kier alpha value is -2.42. The minimum Gasteiger partial charge on any atom is -0.433 e. The summed E-state index contributed by atoms with van der Waals surface area (Å²) in [6.45, 7) is -2.98. The van der Waals surface area contributed by atoms with Gasteiger partial charge in [0.25, 0.3) is 0 Å². The van der Waals surface area contributed by atoms with Gasteiger partial charge in [0.05, 0.1) is 16.5 Å². The number of amides is 1. The monoisotopic (exact) mass is 455 g/mol. The molecule has 2 aromatic carbocycles. The summed E-state index contributed by atoms with van der Waals surface area (Å²) in [6.07, 6.45) is 1.61. The van der Waals surface area contributed by atoms with Crippen LogP contribution in [0.5, 0.6) is 5.75 Å². The second-order valence-corrected chi connectivity index (χ2v) is 7.38. The lowest BCUT2D eigenvalue weighted by molar-refractivity contribution is -0.113. The van der Waals surface area contributed by atoms with Crippen molar-refractivity contribution in [1.29, 1.82) is 0 Å². The normalized spacial score (nSPS) is 10.8. The number of carbonyl (C=O) groups is 1. The van der Waals surface area contributed by atoms with Crippen molar-refractivity contribution in [2.75, 3.05) is 11.1 Å². The van der Waals surface area contributed by atoms with Crippen LogP contribution < -0.4 is 10.1 Å². The molecule has 0 saturated heterocycles. The fraction of sp³-hybridized carbons (Fsp3) is 0.105. The van der Waals surface area contributed by atoms with Gasteiger partial charge < -0.3 is 10.1 Å². The standard InChI is InChI=1S/C19H13Cl2F2N3O2S/c20-12-3-1-11(2-4-12)15-7-8-24-19(26-15)29-10-17(27)25-13-5-6-16(14(21)9-13)28-18(22)23/h1-9,18H,10H2,(H,25,27). The Morgan fingerprint density at radius 1 is 1.14 bits per heavy atom. The molecule has 1 N–H and O–H groups in total. The molecule has 1 amide bonds. The van der Waals surface area contributed by atoms with Gasteiger partial charge in [0.15, 0.2) is 5.16 Å². The van der Waals surface area contributed by atoms with Crippen LogP contribution in [0.2, 0.25) is 10.0 Å². The van der Waals surface area contributed by atoms with Crippen LogP contribution in [0.3, 0.4) is 0 Å². The number of hydrogen-bond donors (Lipinski definition) is 1. The van der Waals surface area contributed by atoms with Crippen LogP contribution in [-0.2, 0) is 4.79 Å². The molecule has 0 bridgehead atoms. The summed E-state index contributed by atoms with van der Waals surface area (Å²) in [5.74, 6) is -0.438. The summed E-state index contributed by atoms with van der Waals surface area (Å²) >= 11 is 12.9. The number of anilines is 1. The number of benzene rings is 2. The summed E-state index contributed by atoms with van der Waals surface area (Å²) in [5.41, 5.74) is 1.95. The molecule has 0 unspecified atom stereocenters. The minimum absolute atomic E-state index is 0.0326. The quantitative estimate of drug-likeness (QED) is 0.361. The van der Waals surface area contributed by atoms with Gasteiger partial charge in [-0.2, -0.15) is 8.78 Å². The van der Waals surface area contributed by atoms with E-state index in [0.29, 0.717) is 21.6 Å². The average Bonchev–Trinajstić information content (AvgIpc) is 2.69. The maximum absolute atomic E-state index is 12.3. The molecule has 5 nitrogen and oxygen atoms in total. The number of nitrogens with one attached hydrogen (secondary N) is 1. The SMILES string of the molecule is O=C(CSc1nccc(-c2ccc(Cl)cc2)n1)Nc1ccc(OC(F)F)c(Cl)c1. The molecule has 1 heterocycles. The summed E-state index contributed by atoms with van der Waals surface area (Å²) in [6, 6.07) is 13.0. The second-order valence-electron chi connectivity index (χ2n) is 5.59. The average molecular weight is 456 g/mol. The van der Waals surface area contributed by atoms with Crippen LogP contribution in [-0.4, -0.2) is 28.2 Å². The largest absolute Gasteiger partial charge is 0.433 e. The maximum atomic E-state index is 12.3. The molecule has 0 spiro atoms. The van der Waals surface area contributed by atoms with Crippen LogP contribution in [0.25, 0.3) is 11.3 Å². The number of ether oxygens (including phenoxy) is 1. The first-order valence-corrected chi connectivity index (χ1v) is 9.91. The van der Waals surface area contributed by atoms with E-state index in [-0.39, 0.29) is 22.4 Å². The first kappa shape index (κ1) is 21.3. The van der Waals surface area contributed by atoms with Gasteiger partial charge in [-0.05, 0) is 36.4 Å². The first-order valence-electron chi connectivity index (χ1n) is 8.17. The Morgan fingerprint density at radius 2 is 1.90 bits per heavy atom. The third-order valence-electron chi connectivity index (χ3n) is 3.54. The van der Waals surface area contributed by atoms with Crippen molar-refractivity contribution in [3.63, 3.8) is 0 Å². The number of rotatable bonds is 7. The highest BCUT2D eigenvalue weighted by Gasteiger charge is 2.11. The van der Waals surface area contributed by atoms with E-state index in [0.717, 1.165) is 17.3 Å². The Morgan fingerprint density at radius 3 is 2.59 bits per heavy atom. The zero-order valence-corrected chi connectivity index (χ0v) is 16.9. The molecular weight excluding hydrogens is 443 g/mol. The molecule has 0 aliphatic rings. The van der Waals surface area contributed by atoms with E-state index < -0.39 is 6.61 Å². The van der Waals surface area contributed by atoms with Crippen molar-refractivity contribution >= 4 is 46.6 Å². The van der Waals surface area contributed by atoms with E-state index in [1.54, 1.807) is 24.4 Å². The van der Waals surface area contributed by atoms with Gasteiger partial charge in [0.1, 0.15) is 5.75 Å². The molecule has 0 aliphatic carbocycles. The first-order chi connectivity index (χ1) is 13.9. The molecule has 150 valence electrons. The molecule has 3 aromatic rings. The Bertz CT molecular complexity index is 1010. The van der Waals surface area contributed by atoms with Gasteiger partial charge in [0.2, 0.25) is 5.91 Å². The predicted octanol–water partition coefficient (Wildman–Crippen LogP) is 5.78. The predicted molar refractivity (Wildman–Crippen MR) is 110 cm³/mol. The molecule has 10 heteroatoms. The van der Waals surface area contributed by atoms with Crippen molar-refractivity contribution in [2.24, 2.45) is 0 Å². The van der Waals surface area contributed by atoms with Crippen molar-refractivity contribution in [3.05, 3.63) is 64.8 Å². The van der Waals surface area contributed by atoms with Gasteiger partial charge in [-0.15, -0.1) is 0 Å². The van der Waals surface area contributed by atoms with Crippen LogP contribution in [0.1, 0.15) is 0 Å². The van der Waals surface area contributed by atoms with Crippen molar-refractivity contribution in [1.82, 2.24) is 9.97 Å². The third-order valence-corrected chi connectivity index (χ3v) is 4.95. The lowest BCUT2D eigenvalue weighted by Gasteiger charge is -2.09. The molecule has 0 atom stereocenters. The van der Waals surface area contributed by atoms with Gasteiger partial charge >= 0.3 is 6.61 Å². The lowest BCUT2D eigenvalue weighted by atomic mass is 10.1. The number of nitrogens with zero attached hydrogens (tertiary/aromatic N) is 2. The van der Waals surface area contributed by atoms with E-state index in [1.807, 2.05) is 12.1 Å². The van der Waals surface area contributed by atoms with Crippen LogP contribution >= 0.6 is 35.0 Å². The van der Waals surface area contributed by atoms with E-state index >= 15 is 0 Å². The summed E-state index contributed by atoms with van der Waals surface area (Å²) < 4.78 is 28.8. The zero-order valence-electron chi connectivity index (χ0n) is 14.6. The summed E-state index contributed by atoms with van der Waals surface area (Å²) in [5, 5.41) is 3.66. The number of aromatic nitrogens is 2. The molecule has 0 aliphatic heterocycles. The highest BCUT2D eigenvalue weighted by molar-refractivity contribution is 7.99. The second kappa shape index (κ2) is 9.87. The lowest BCUT2D eigenvalue weighted by Crippen LogP contribution is -2.14. The summed E-state index contributed by atoms with van der Waals surface area (Å²) in [7, 11) is 0. The molecule has 3 rings (SSSR count). The fourth-order valence-corrected chi connectivity index (χ4v) is 3.27. The Labute approximate surface area is 179 Å². The minimum atomic E-state index is -2.98. The molecular formula is C19H13Cl2F2N3O2S. The smallest absolute Gasteiger partial charge is 0.387 e. The van der Waals surface area contributed by atoms with Gasteiger partial charge in [0, 0.05) is 22.5 Å². The molecule has 0 fully saturated rings. The number of thioether (sulfide) groups is 1. The number of alkyl halides is 2. The fourth-order valence-electron chi connectivity index (χ4n) is 2.29. The van der Waals surface area contributed by atoms with Crippen LogP contribution in [0.4, 0.5) is 14.5 Å². The Kier molecular flexibility index (Phi) is 7.24. The van der Waals surface area contributed by atoms with Gasteiger partial charge in [-0.1, -0.05) is 47.1 Å². The molecule has 29 heavy (non-hydrogen) atoms. The highest BCUT2D eigenvalue weighted by atomic mass is 35.5. The van der Waals surface area contributed by atoms with Crippen LogP contribution in [0.15, 0.2) is 59.9 Å². The van der Waals surface area contributed by atoms with Crippen molar-refractivity contribution in [3.8, 4) is 17.0 Å². The van der Waals surface area contributed by atoms with Crippen LogP contribution in [0, 0.1) is 0 Å². The number of halogens is 4. The third kappa shape index (κ3) is 6.28. The molecule has 1 aromatic heterocycles. The highest BCUT2D eigenvalue weighted by Crippen LogP contribution is 2.29. The van der Waals surface area contributed by atoms with Crippen molar-refractivity contribution in [2.45, 2.75) is 11.8 Å². The van der Waals surface area contributed by atoms with E-state index in [1.165, 1.54) is 18.2 Å². The molecule has 0 saturated carbocycles. The maximum Gasteiger partial charge on any atom is 0.387 e. The zero-order chi connectivity index (χ0) is 20.8. The molecule has 0 radical (unpaired) electrons. The number of hydrogen-bond acceptors (Lipinski definition) is 5. The topological polar surface area (TPSA) is 64.1 Å². The van der Waals surface area contributed by atoms with E-state index in [4.69, 9.17) is 23.2 Å². The Balaban J connectivity index is 1.59. The van der Waals surface area contributed by atoms with E-state index in [2.05, 4.69) is 20.0 Å². The van der Waals surface area contributed by atoms with Crippen molar-refractivity contribution < 1.29 is 18.3 Å². The van der Waals surface area contributed by atoms with Gasteiger partial charge in [-0.25, -0.2) is 9.97 Å². The summed E-state index contributed by atoms with van der Waals surface area (Å²) in [4.78, 5) is 20.7. The number of carbonyl (C=O) groups excluding carboxylic acids is 1. The van der Waals surface area contributed by atoms with Gasteiger partial charge in [-0.3, -0.25) is 4.79 Å².